The van der Waals surface area contributed by atoms with Gasteiger partial charge < -0.3 is 9.72 Å². The highest BCUT2D eigenvalue weighted by atomic mass is 32.2. The maximum Gasteiger partial charge on any atom is 0.305 e. The van der Waals surface area contributed by atoms with Crippen molar-refractivity contribution in [3.05, 3.63) is 110 Å². The number of imide groups is 1. The molecule has 3 atom stereocenters. The summed E-state index contributed by atoms with van der Waals surface area (Å²) >= 11 is 2.27. The molecule has 3 aromatic carbocycles. The second-order valence-electron chi connectivity index (χ2n) is 8.58. The highest BCUT2D eigenvalue weighted by Gasteiger charge is 2.56. The minimum Gasteiger partial charge on any atom is -0.489 e. The molecule has 2 amide bonds. The molecule has 3 heterocycles. The Morgan fingerprint density at radius 2 is 1.69 bits per heavy atom. The normalized spacial score (nSPS) is 20.8. The number of nitrogens with zero attached hydrogens (tertiary/aromatic N) is 1. The summed E-state index contributed by atoms with van der Waals surface area (Å²) in [5.74, 6) is -1.78. The fourth-order valence-corrected chi connectivity index (χ4v) is 7.27. The first-order valence-electron chi connectivity index (χ1n) is 11.3. The van der Waals surface area contributed by atoms with Gasteiger partial charge in [-0.25, -0.2) is 9.29 Å². The predicted octanol–water partition coefficient (Wildman–Crippen LogP) is 4.95. The second-order valence-corrected chi connectivity index (χ2v) is 10.8. The van der Waals surface area contributed by atoms with E-state index in [1.54, 1.807) is 0 Å². The summed E-state index contributed by atoms with van der Waals surface area (Å²) < 4.78 is 19.5. The van der Waals surface area contributed by atoms with E-state index in [0.29, 0.717) is 23.1 Å². The number of nitrogens with one attached hydrogen (secondary N) is 1. The Labute approximate surface area is 213 Å². The van der Waals surface area contributed by atoms with Crippen LogP contribution in [0.15, 0.2) is 88.7 Å². The highest BCUT2D eigenvalue weighted by Crippen LogP contribution is 2.53. The number of aromatic nitrogens is 1. The first kappa shape index (κ1) is 22.8. The molecule has 1 N–H and O–H groups in total. The third-order valence-electron chi connectivity index (χ3n) is 6.37. The lowest BCUT2D eigenvalue weighted by atomic mass is 9.83. The van der Waals surface area contributed by atoms with Gasteiger partial charge in [0.2, 0.25) is 11.8 Å². The van der Waals surface area contributed by atoms with Crippen LogP contribution in [-0.4, -0.2) is 22.0 Å². The van der Waals surface area contributed by atoms with Gasteiger partial charge in [0.25, 0.3) is 0 Å². The Balaban J connectivity index is 1.38. The molecule has 0 radical (unpaired) electrons. The standard InChI is InChI=1S/C27H19FN2O4S2/c28-17-9-11-18(12-10-17)30-25(31)21-20(22-24(29-27(33)36-22)35-23(21)26(30)32)16-7-4-8-19(13-16)34-14-15-5-2-1-3-6-15/h1-13,20-21,23H,14H2,(H,29,33)/t20-,21-,23+/m0/s1. The summed E-state index contributed by atoms with van der Waals surface area (Å²) in [7, 11) is 0. The van der Waals surface area contributed by atoms with E-state index in [2.05, 4.69) is 4.98 Å². The molecule has 9 heteroatoms. The van der Waals surface area contributed by atoms with Gasteiger partial charge in [0, 0.05) is 10.8 Å². The number of anilines is 1. The summed E-state index contributed by atoms with van der Waals surface area (Å²) in [5.41, 5.74) is 2.14. The molecule has 0 unspecified atom stereocenters. The van der Waals surface area contributed by atoms with Crippen molar-refractivity contribution in [1.82, 2.24) is 4.98 Å². The minimum atomic E-state index is -0.712. The van der Waals surface area contributed by atoms with Crippen LogP contribution in [0, 0.1) is 11.7 Å². The van der Waals surface area contributed by atoms with E-state index in [4.69, 9.17) is 4.74 Å². The van der Waals surface area contributed by atoms with E-state index in [0.717, 1.165) is 32.2 Å². The number of fused-ring (bicyclic) bond motifs is 2. The highest BCUT2D eigenvalue weighted by molar-refractivity contribution is 8.00. The number of benzene rings is 3. The van der Waals surface area contributed by atoms with E-state index in [9.17, 15) is 18.8 Å². The lowest BCUT2D eigenvalue weighted by molar-refractivity contribution is -0.122. The van der Waals surface area contributed by atoms with E-state index < -0.39 is 22.9 Å². The average Bonchev–Trinajstić information content (AvgIpc) is 3.38. The molecular weight excluding hydrogens is 499 g/mol. The van der Waals surface area contributed by atoms with Gasteiger partial charge in [-0.15, -0.1) is 0 Å². The van der Waals surface area contributed by atoms with Crippen LogP contribution in [0.2, 0.25) is 0 Å². The Morgan fingerprint density at radius 1 is 0.917 bits per heavy atom. The number of thiazole rings is 1. The number of aromatic amines is 1. The van der Waals surface area contributed by atoms with Crippen LogP contribution in [0.5, 0.6) is 5.75 Å². The van der Waals surface area contributed by atoms with Crippen molar-refractivity contribution in [2.75, 3.05) is 4.90 Å². The number of halogens is 1. The molecule has 0 bridgehead atoms. The summed E-state index contributed by atoms with van der Waals surface area (Å²) in [6.07, 6.45) is 0. The number of amides is 2. The molecule has 2 aliphatic heterocycles. The van der Waals surface area contributed by atoms with Crippen LogP contribution in [-0.2, 0) is 16.2 Å². The predicted molar refractivity (Wildman–Crippen MR) is 136 cm³/mol. The molecule has 6 rings (SSSR count). The van der Waals surface area contributed by atoms with Crippen LogP contribution < -0.4 is 14.5 Å². The Hall–Kier alpha value is -3.69. The molecule has 4 aromatic rings. The van der Waals surface area contributed by atoms with Crippen LogP contribution in [0.3, 0.4) is 0 Å². The third kappa shape index (κ3) is 3.94. The quantitative estimate of drug-likeness (QED) is 0.378. The first-order chi connectivity index (χ1) is 17.5. The van der Waals surface area contributed by atoms with Crippen molar-refractivity contribution in [3.63, 3.8) is 0 Å². The Kier molecular flexibility index (Phi) is 5.73. The smallest absolute Gasteiger partial charge is 0.305 e. The lowest BCUT2D eigenvalue weighted by Crippen LogP contribution is -2.32. The molecule has 1 aromatic heterocycles. The maximum absolute atomic E-state index is 13.7. The topological polar surface area (TPSA) is 79.5 Å². The van der Waals surface area contributed by atoms with E-state index in [1.807, 2.05) is 54.6 Å². The van der Waals surface area contributed by atoms with Gasteiger partial charge in [-0.3, -0.25) is 14.4 Å². The SMILES string of the molecule is O=C1[C@H]2[C@H](c3cccc(OCc4ccccc4)c3)c3sc(=O)[nH]c3S[C@H]2C(=O)N1c1ccc(F)cc1. The molecule has 0 saturated carbocycles. The number of thioether (sulfide) groups is 1. The number of hydrogen-bond donors (Lipinski definition) is 1. The van der Waals surface area contributed by atoms with Crippen LogP contribution in [0.25, 0.3) is 0 Å². The van der Waals surface area contributed by atoms with Gasteiger partial charge in [-0.1, -0.05) is 65.6 Å². The largest absolute Gasteiger partial charge is 0.489 e. The molecular formula is C27H19FN2O4S2. The van der Waals surface area contributed by atoms with Crippen molar-refractivity contribution in [2.45, 2.75) is 22.8 Å². The Bertz CT molecular complexity index is 1520. The number of hydrogen-bond acceptors (Lipinski definition) is 6. The molecule has 36 heavy (non-hydrogen) atoms. The number of ether oxygens (including phenoxy) is 1. The van der Waals surface area contributed by atoms with Crippen molar-refractivity contribution in [3.8, 4) is 5.75 Å². The molecule has 6 nitrogen and oxygen atoms in total. The molecule has 0 aliphatic carbocycles. The molecule has 1 saturated heterocycles. The fourth-order valence-electron chi connectivity index (χ4n) is 4.76. The average molecular weight is 519 g/mol. The minimum absolute atomic E-state index is 0.232. The van der Waals surface area contributed by atoms with Crippen molar-refractivity contribution in [2.24, 2.45) is 5.92 Å². The maximum atomic E-state index is 13.7. The summed E-state index contributed by atoms with van der Waals surface area (Å²) in [5, 5.41) is -0.104. The zero-order valence-electron chi connectivity index (χ0n) is 18.7. The van der Waals surface area contributed by atoms with E-state index in [-0.39, 0.29) is 16.7 Å². The van der Waals surface area contributed by atoms with Crippen molar-refractivity contribution >= 4 is 40.6 Å². The van der Waals surface area contributed by atoms with E-state index in [1.165, 1.54) is 36.0 Å². The van der Waals surface area contributed by atoms with Gasteiger partial charge >= 0.3 is 4.87 Å². The fraction of sp³-hybridized carbons (Fsp3) is 0.148. The number of H-pyrrole nitrogens is 1. The summed E-state index contributed by atoms with van der Waals surface area (Å²) in [6, 6.07) is 22.5. The number of rotatable bonds is 5. The first-order valence-corrected chi connectivity index (χ1v) is 13.0. The third-order valence-corrected chi connectivity index (χ3v) is 8.78. The Morgan fingerprint density at radius 3 is 2.47 bits per heavy atom. The molecule has 0 spiro atoms. The second kappa shape index (κ2) is 9.07. The molecule has 180 valence electrons. The zero-order valence-corrected chi connectivity index (χ0v) is 20.4. The van der Waals surface area contributed by atoms with Crippen LogP contribution in [0.1, 0.15) is 21.9 Å². The zero-order chi connectivity index (χ0) is 24.8. The summed E-state index contributed by atoms with van der Waals surface area (Å²) in [6.45, 7) is 0.384. The lowest BCUT2D eigenvalue weighted by Gasteiger charge is -2.30. The number of carbonyl (C=O) groups excluding carboxylic acids is 2. The van der Waals surface area contributed by atoms with Crippen LogP contribution in [0.4, 0.5) is 10.1 Å². The van der Waals surface area contributed by atoms with Gasteiger partial charge in [-0.05, 0) is 47.5 Å². The monoisotopic (exact) mass is 518 g/mol. The van der Waals surface area contributed by atoms with Gasteiger partial charge in [0.05, 0.1) is 16.6 Å². The van der Waals surface area contributed by atoms with Crippen molar-refractivity contribution in [1.29, 1.82) is 0 Å². The van der Waals surface area contributed by atoms with Gasteiger partial charge in [0.15, 0.2) is 0 Å². The van der Waals surface area contributed by atoms with Gasteiger partial charge in [0.1, 0.15) is 23.4 Å². The van der Waals surface area contributed by atoms with Crippen LogP contribution >= 0.6 is 23.1 Å². The molecule has 1 fully saturated rings. The van der Waals surface area contributed by atoms with E-state index >= 15 is 0 Å². The summed E-state index contributed by atoms with van der Waals surface area (Å²) in [4.78, 5) is 43.9. The molecule has 2 aliphatic rings. The van der Waals surface area contributed by atoms with Gasteiger partial charge in [-0.2, -0.15) is 0 Å². The number of carbonyl (C=O) groups is 2. The van der Waals surface area contributed by atoms with Crippen molar-refractivity contribution < 1.29 is 18.7 Å².